The Morgan fingerprint density at radius 1 is 1.56 bits per heavy atom. The van der Waals surface area contributed by atoms with E-state index in [2.05, 4.69) is 27.8 Å². The van der Waals surface area contributed by atoms with E-state index in [-0.39, 0.29) is 5.78 Å². The summed E-state index contributed by atoms with van der Waals surface area (Å²) in [7, 11) is 0. The molecular formula is C14H18BrNO2. The van der Waals surface area contributed by atoms with Gasteiger partial charge in [-0.05, 0) is 31.5 Å². The van der Waals surface area contributed by atoms with Crippen molar-refractivity contribution in [3.63, 3.8) is 0 Å². The predicted octanol–water partition coefficient (Wildman–Crippen LogP) is 3.27. The first-order valence-corrected chi connectivity index (χ1v) is 7.07. The molecule has 98 valence electrons. The van der Waals surface area contributed by atoms with Gasteiger partial charge < -0.3 is 9.64 Å². The largest absolute Gasteiger partial charge is 0.377 e. The number of rotatable bonds is 3. The molecule has 0 bridgehead atoms. The fraction of sp³-hybridized carbons (Fsp3) is 0.500. The van der Waals surface area contributed by atoms with Crippen LogP contribution in [-0.2, 0) is 4.74 Å². The van der Waals surface area contributed by atoms with Crippen LogP contribution in [0.5, 0.6) is 0 Å². The number of ketones is 1. The van der Waals surface area contributed by atoms with E-state index in [4.69, 9.17) is 4.74 Å². The molecule has 0 N–H and O–H groups in total. The monoisotopic (exact) mass is 311 g/mol. The van der Waals surface area contributed by atoms with Gasteiger partial charge in [0.05, 0.1) is 19.3 Å². The van der Waals surface area contributed by atoms with E-state index in [1.807, 2.05) is 18.2 Å². The number of carbonyl (C=O) groups is 1. The summed E-state index contributed by atoms with van der Waals surface area (Å²) in [4.78, 5) is 14.1. The van der Waals surface area contributed by atoms with Crippen LogP contribution in [0.25, 0.3) is 0 Å². The van der Waals surface area contributed by atoms with E-state index in [1.165, 1.54) is 0 Å². The van der Waals surface area contributed by atoms with Gasteiger partial charge in [-0.1, -0.05) is 22.9 Å². The SMILES string of the molecule is CCC1COCCN1c1ccc(Br)cc1C(C)=O. The van der Waals surface area contributed by atoms with Crippen LogP contribution >= 0.6 is 15.9 Å². The molecule has 2 rings (SSSR count). The molecule has 1 unspecified atom stereocenters. The Morgan fingerprint density at radius 2 is 2.33 bits per heavy atom. The smallest absolute Gasteiger partial charge is 0.161 e. The molecule has 1 fully saturated rings. The molecule has 0 aliphatic carbocycles. The normalized spacial score (nSPS) is 19.9. The van der Waals surface area contributed by atoms with Gasteiger partial charge in [0.25, 0.3) is 0 Å². The second-order valence-electron chi connectivity index (χ2n) is 4.55. The van der Waals surface area contributed by atoms with Crippen molar-refractivity contribution in [2.24, 2.45) is 0 Å². The Kier molecular flexibility index (Phi) is 4.40. The molecule has 0 radical (unpaired) electrons. The van der Waals surface area contributed by atoms with Crippen LogP contribution in [0.4, 0.5) is 5.69 Å². The molecule has 1 saturated heterocycles. The summed E-state index contributed by atoms with van der Waals surface area (Å²) in [6, 6.07) is 6.27. The minimum Gasteiger partial charge on any atom is -0.377 e. The summed E-state index contributed by atoms with van der Waals surface area (Å²) in [5.41, 5.74) is 1.81. The maximum atomic E-state index is 11.8. The van der Waals surface area contributed by atoms with Crippen molar-refractivity contribution in [1.82, 2.24) is 0 Å². The minimum atomic E-state index is 0.104. The first-order chi connectivity index (χ1) is 8.63. The Labute approximate surface area is 116 Å². The summed E-state index contributed by atoms with van der Waals surface area (Å²) in [5, 5.41) is 0. The number of hydrogen-bond acceptors (Lipinski definition) is 3. The number of anilines is 1. The average molecular weight is 312 g/mol. The van der Waals surface area contributed by atoms with Gasteiger partial charge in [-0.25, -0.2) is 0 Å². The van der Waals surface area contributed by atoms with Gasteiger partial charge in [0, 0.05) is 22.3 Å². The van der Waals surface area contributed by atoms with Gasteiger partial charge in [0.2, 0.25) is 0 Å². The number of halogens is 1. The molecule has 1 heterocycles. The highest BCUT2D eigenvalue weighted by Crippen LogP contribution is 2.28. The first kappa shape index (κ1) is 13.6. The summed E-state index contributed by atoms with van der Waals surface area (Å²) >= 11 is 3.43. The van der Waals surface area contributed by atoms with Crippen LogP contribution in [0.1, 0.15) is 30.6 Å². The van der Waals surface area contributed by atoms with E-state index >= 15 is 0 Å². The first-order valence-electron chi connectivity index (χ1n) is 6.28. The zero-order valence-electron chi connectivity index (χ0n) is 10.8. The maximum absolute atomic E-state index is 11.8. The number of hydrogen-bond donors (Lipinski definition) is 0. The van der Waals surface area contributed by atoms with Gasteiger partial charge in [0.15, 0.2) is 5.78 Å². The number of carbonyl (C=O) groups excluding carboxylic acids is 1. The third-order valence-electron chi connectivity index (χ3n) is 3.35. The molecule has 1 aliphatic rings. The molecule has 0 spiro atoms. The third-order valence-corrected chi connectivity index (χ3v) is 3.84. The predicted molar refractivity (Wildman–Crippen MR) is 76.4 cm³/mol. The standard InChI is InChI=1S/C14H18BrNO2/c1-3-12-9-18-7-6-16(12)14-5-4-11(15)8-13(14)10(2)17/h4-5,8,12H,3,6-7,9H2,1-2H3. The minimum absolute atomic E-state index is 0.104. The molecule has 1 aromatic carbocycles. The van der Waals surface area contributed by atoms with Crippen molar-refractivity contribution >= 4 is 27.4 Å². The molecule has 1 aliphatic heterocycles. The lowest BCUT2D eigenvalue weighted by molar-refractivity contribution is 0.0922. The molecule has 0 aromatic heterocycles. The van der Waals surface area contributed by atoms with Crippen LogP contribution in [0.2, 0.25) is 0 Å². The maximum Gasteiger partial charge on any atom is 0.161 e. The van der Waals surface area contributed by atoms with E-state index in [0.29, 0.717) is 6.04 Å². The second kappa shape index (κ2) is 5.85. The highest BCUT2D eigenvalue weighted by Gasteiger charge is 2.24. The molecule has 0 saturated carbocycles. The highest BCUT2D eigenvalue weighted by molar-refractivity contribution is 9.10. The molecule has 0 amide bonds. The zero-order chi connectivity index (χ0) is 13.1. The van der Waals surface area contributed by atoms with E-state index in [0.717, 1.165) is 41.9 Å². The summed E-state index contributed by atoms with van der Waals surface area (Å²) in [6.45, 7) is 6.08. The summed E-state index contributed by atoms with van der Waals surface area (Å²) < 4.78 is 6.46. The van der Waals surface area contributed by atoms with Crippen molar-refractivity contribution in [3.8, 4) is 0 Å². The topological polar surface area (TPSA) is 29.5 Å². The second-order valence-corrected chi connectivity index (χ2v) is 5.46. The van der Waals surface area contributed by atoms with Crippen LogP contribution < -0.4 is 4.90 Å². The fourth-order valence-corrected chi connectivity index (χ4v) is 2.71. The highest BCUT2D eigenvalue weighted by atomic mass is 79.9. The van der Waals surface area contributed by atoms with Crippen molar-refractivity contribution in [1.29, 1.82) is 0 Å². The molecule has 18 heavy (non-hydrogen) atoms. The van der Waals surface area contributed by atoms with E-state index in [1.54, 1.807) is 6.92 Å². The molecular weight excluding hydrogens is 294 g/mol. The van der Waals surface area contributed by atoms with Crippen molar-refractivity contribution in [3.05, 3.63) is 28.2 Å². The quantitative estimate of drug-likeness (QED) is 0.802. The van der Waals surface area contributed by atoms with Crippen molar-refractivity contribution in [2.45, 2.75) is 26.3 Å². The van der Waals surface area contributed by atoms with Crippen LogP contribution in [0.15, 0.2) is 22.7 Å². The molecule has 4 heteroatoms. The fourth-order valence-electron chi connectivity index (χ4n) is 2.35. The van der Waals surface area contributed by atoms with E-state index in [9.17, 15) is 4.79 Å². The van der Waals surface area contributed by atoms with Crippen LogP contribution in [-0.4, -0.2) is 31.6 Å². The van der Waals surface area contributed by atoms with Crippen LogP contribution in [0, 0.1) is 0 Å². The van der Waals surface area contributed by atoms with Crippen molar-refractivity contribution < 1.29 is 9.53 Å². The van der Waals surface area contributed by atoms with Gasteiger partial charge in [-0.15, -0.1) is 0 Å². The lowest BCUT2D eigenvalue weighted by Crippen LogP contribution is -2.45. The third kappa shape index (κ3) is 2.75. The summed E-state index contributed by atoms with van der Waals surface area (Å²) in [6.07, 6.45) is 1.02. The Hall–Kier alpha value is -0.870. The van der Waals surface area contributed by atoms with Gasteiger partial charge >= 0.3 is 0 Å². The number of Topliss-reactive ketones (excluding diaryl/α,β-unsaturated/α-hetero) is 1. The van der Waals surface area contributed by atoms with Crippen LogP contribution in [0.3, 0.4) is 0 Å². The lowest BCUT2D eigenvalue weighted by atomic mass is 10.1. The van der Waals surface area contributed by atoms with Gasteiger partial charge in [-0.3, -0.25) is 4.79 Å². The molecule has 1 aromatic rings. The number of ether oxygens (including phenoxy) is 1. The zero-order valence-corrected chi connectivity index (χ0v) is 12.4. The Morgan fingerprint density at radius 3 is 3.00 bits per heavy atom. The van der Waals surface area contributed by atoms with E-state index < -0.39 is 0 Å². The Balaban J connectivity index is 2.39. The summed E-state index contributed by atoms with van der Waals surface area (Å²) in [5.74, 6) is 0.104. The number of nitrogens with zero attached hydrogens (tertiary/aromatic N) is 1. The number of morpholine rings is 1. The molecule has 3 nitrogen and oxygen atoms in total. The Bertz CT molecular complexity index is 447. The lowest BCUT2D eigenvalue weighted by Gasteiger charge is -2.37. The number of benzene rings is 1. The van der Waals surface area contributed by atoms with Gasteiger partial charge in [-0.2, -0.15) is 0 Å². The average Bonchev–Trinajstić information content (AvgIpc) is 2.38. The van der Waals surface area contributed by atoms with Crippen molar-refractivity contribution in [2.75, 3.05) is 24.7 Å². The van der Waals surface area contributed by atoms with Gasteiger partial charge in [0.1, 0.15) is 0 Å². The molecule has 1 atom stereocenters.